The van der Waals surface area contributed by atoms with Gasteiger partial charge in [0.2, 0.25) is 0 Å². The van der Waals surface area contributed by atoms with Crippen LogP contribution in [-0.4, -0.2) is 20.2 Å². The largest absolute Gasteiger partial charge is 0.495 e. The fourth-order valence-electron chi connectivity index (χ4n) is 2.10. The van der Waals surface area contributed by atoms with Crippen LogP contribution in [0.25, 0.3) is 0 Å². The van der Waals surface area contributed by atoms with Gasteiger partial charge in [0.15, 0.2) is 0 Å². The summed E-state index contributed by atoms with van der Waals surface area (Å²) in [6, 6.07) is 10.9. The number of nitrogens with two attached hydrogens (primary N) is 2. The number of esters is 1. The van der Waals surface area contributed by atoms with Crippen molar-refractivity contribution < 1.29 is 14.3 Å². The van der Waals surface area contributed by atoms with Crippen molar-refractivity contribution in [2.45, 2.75) is 6.42 Å². The van der Waals surface area contributed by atoms with Gasteiger partial charge in [0.25, 0.3) is 0 Å². The van der Waals surface area contributed by atoms with E-state index in [1.165, 1.54) is 7.11 Å². The molecule has 2 aromatic rings. The molecule has 5 nitrogen and oxygen atoms in total. The Labute approximate surface area is 123 Å². The summed E-state index contributed by atoms with van der Waals surface area (Å²) in [6.45, 7) is 0. The van der Waals surface area contributed by atoms with Crippen LogP contribution >= 0.6 is 0 Å². The van der Waals surface area contributed by atoms with E-state index in [2.05, 4.69) is 0 Å². The van der Waals surface area contributed by atoms with E-state index >= 15 is 0 Å². The van der Waals surface area contributed by atoms with E-state index in [0.717, 1.165) is 11.1 Å². The van der Waals surface area contributed by atoms with Crippen LogP contribution in [0.4, 0.5) is 11.4 Å². The van der Waals surface area contributed by atoms with Gasteiger partial charge in [0.1, 0.15) is 5.75 Å². The quantitative estimate of drug-likeness (QED) is 0.664. The Kier molecular flexibility index (Phi) is 4.33. The normalized spacial score (nSPS) is 10.2. The van der Waals surface area contributed by atoms with Crippen LogP contribution in [-0.2, 0) is 11.2 Å². The molecular formula is C16H18N2O3. The molecule has 0 aliphatic heterocycles. The van der Waals surface area contributed by atoms with Gasteiger partial charge >= 0.3 is 5.97 Å². The third-order valence-corrected chi connectivity index (χ3v) is 3.23. The number of carbonyl (C=O) groups excluding carboxylic acids is 1. The highest BCUT2D eigenvalue weighted by Gasteiger charge is 2.11. The van der Waals surface area contributed by atoms with Gasteiger partial charge in [-0.1, -0.05) is 12.1 Å². The van der Waals surface area contributed by atoms with Crippen LogP contribution in [0.15, 0.2) is 36.4 Å². The highest BCUT2D eigenvalue weighted by molar-refractivity contribution is 5.95. The van der Waals surface area contributed by atoms with Crippen molar-refractivity contribution >= 4 is 17.3 Å². The van der Waals surface area contributed by atoms with E-state index in [1.54, 1.807) is 25.3 Å². The Morgan fingerprint density at radius 1 is 1.00 bits per heavy atom. The molecule has 0 radical (unpaired) electrons. The van der Waals surface area contributed by atoms with Crippen molar-refractivity contribution in [1.82, 2.24) is 0 Å². The number of hydrogen-bond acceptors (Lipinski definition) is 5. The maximum atomic E-state index is 11.6. The van der Waals surface area contributed by atoms with E-state index in [0.29, 0.717) is 29.1 Å². The van der Waals surface area contributed by atoms with Gasteiger partial charge in [-0.15, -0.1) is 0 Å². The van der Waals surface area contributed by atoms with Gasteiger partial charge in [0, 0.05) is 5.69 Å². The van der Waals surface area contributed by atoms with Gasteiger partial charge in [-0.25, -0.2) is 4.79 Å². The minimum absolute atomic E-state index is 0.373. The van der Waals surface area contributed by atoms with Crippen LogP contribution in [0.1, 0.15) is 21.5 Å². The van der Waals surface area contributed by atoms with Crippen molar-refractivity contribution in [3.63, 3.8) is 0 Å². The zero-order chi connectivity index (χ0) is 15.4. The highest BCUT2D eigenvalue weighted by Crippen LogP contribution is 2.24. The molecule has 0 atom stereocenters. The molecule has 4 N–H and O–H groups in total. The summed E-state index contributed by atoms with van der Waals surface area (Å²) in [4.78, 5) is 11.6. The van der Waals surface area contributed by atoms with Crippen LogP contribution in [0.3, 0.4) is 0 Å². The highest BCUT2D eigenvalue weighted by atomic mass is 16.5. The summed E-state index contributed by atoms with van der Waals surface area (Å²) in [6.07, 6.45) is 0.640. The first kappa shape index (κ1) is 14.7. The lowest BCUT2D eigenvalue weighted by molar-refractivity contribution is 0.0602. The molecule has 110 valence electrons. The second-order valence-electron chi connectivity index (χ2n) is 4.67. The lowest BCUT2D eigenvalue weighted by atomic mass is 10.0. The molecule has 2 rings (SSSR count). The monoisotopic (exact) mass is 286 g/mol. The Morgan fingerprint density at radius 3 is 2.24 bits per heavy atom. The van der Waals surface area contributed by atoms with Crippen LogP contribution in [0.5, 0.6) is 5.75 Å². The van der Waals surface area contributed by atoms with Crippen LogP contribution < -0.4 is 16.2 Å². The first-order valence-corrected chi connectivity index (χ1v) is 6.44. The van der Waals surface area contributed by atoms with Gasteiger partial charge < -0.3 is 20.9 Å². The number of anilines is 2. The molecule has 0 aliphatic rings. The Hall–Kier alpha value is -2.69. The summed E-state index contributed by atoms with van der Waals surface area (Å²) in [5, 5.41) is 0. The molecule has 0 aromatic heterocycles. The van der Waals surface area contributed by atoms with Gasteiger partial charge in [0.05, 0.1) is 25.5 Å². The maximum Gasteiger partial charge on any atom is 0.339 e. The lowest BCUT2D eigenvalue weighted by Crippen LogP contribution is -2.06. The number of nitrogen functional groups attached to an aromatic ring is 2. The Bertz CT molecular complexity index is 669. The SMILES string of the molecule is COC(=O)c1cc(Cc2ccc(N)c(OC)c2)ccc1N. The number of rotatable bonds is 4. The van der Waals surface area contributed by atoms with E-state index in [-0.39, 0.29) is 0 Å². The molecule has 0 fully saturated rings. The number of hydrogen-bond donors (Lipinski definition) is 2. The molecule has 0 heterocycles. The molecule has 0 unspecified atom stereocenters. The van der Waals surface area contributed by atoms with E-state index in [1.807, 2.05) is 18.2 Å². The first-order chi connectivity index (χ1) is 10.0. The van der Waals surface area contributed by atoms with E-state index < -0.39 is 5.97 Å². The summed E-state index contributed by atoms with van der Waals surface area (Å²) >= 11 is 0. The Morgan fingerprint density at radius 2 is 1.62 bits per heavy atom. The summed E-state index contributed by atoms with van der Waals surface area (Å²) in [5.41, 5.74) is 14.9. The summed E-state index contributed by atoms with van der Waals surface area (Å²) < 4.78 is 9.92. The predicted molar refractivity (Wildman–Crippen MR) is 82.4 cm³/mol. The average Bonchev–Trinajstić information content (AvgIpc) is 2.50. The molecule has 0 bridgehead atoms. The fraction of sp³-hybridized carbons (Fsp3) is 0.188. The van der Waals surface area contributed by atoms with Gasteiger partial charge in [-0.05, 0) is 41.8 Å². The maximum absolute atomic E-state index is 11.6. The third kappa shape index (κ3) is 3.25. The topological polar surface area (TPSA) is 87.6 Å². The standard InChI is InChI=1S/C16H18N2O3/c1-20-15-9-11(4-6-14(15)18)7-10-3-5-13(17)12(8-10)16(19)21-2/h3-6,8-9H,7,17-18H2,1-2H3. The first-order valence-electron chi connectivity index (χ1n) is 6.44. The molecule has 0 amide bonds. The van der Waals surface area contributed by atoms with E-state index in [9.17, 15) is 4.79 Å². The second-order valence-corrected chi connectivity index (χ2v) is 4.67. The van der Waals surface area contributed by atoms with Crippen LogP contribution in [0.2, 0.25) is 0 Å². The minimum Gasteiger partial charge on any atom is -0.495 e. The minimum atomic E-state index is -0.441. The number of carbonyl (C=O) groups is 1. The molecule has 2 aromatic carbocycles. The molecule has 0 aliphatic carbocycles. The van der Waals surface area contributed by atoms with Crippen molar-refractivity contribution in [3.05, 3.63) is 53.1 Å². The number of methoxy groups -OCH3 is 2. The molecular weight excluding hydrogens is 268 g/mol. The molecule has 0 saturated carbocycles. The zero-order valence-corrected chi connectivity index (χ0v) is 12.1. The average molecular weight is 286 g/mol. The van der Waals surface area contributed by atoms with Crippen molar-refractivity contribution in [2.75, 3.05) is 25.7 Å². The Balaban J connectivity index is 2.29. The van der Waals surface area contributed by atoms with Crippen molar-refractivity contribution in [2.24, 2.45) is 0 Å². The van der Waals surface area contributed by atoms with Gasteiger partial charge in [-0.2, -0.15) is 0 Å². The van der Waals surface area contributed by atoms with E-state index in [4.69, 9.17) is 20.9 Å². The van der Waals surface area contributed by atoms with Crippen molar-refractivity contribution in [3.8, 4) is 5.75 Å². The van der Waals surface area contributed by atoms with Crippen LogP contribution in [0, 0.1) is 0 Å². The summed E-state index contributed by atoms with van der Waals surface area (Å²) in [5.74, 6) is 0.195. The lowest BCUT2D eigenvalue weighted by Gasteiger charge is -2.09. The molecule has 0 spiro atoms. The molecule has 5 heteroatoms. The van der Waals surface area contributed by atoms with Gasteiger partial charge in [-0.3, -0.25) is 0 Å². The predicted octanol–water partition coefficient (Wildman–Crippen LogP) is 2.24. The molecule has 21 heavy (non-hydrogen) atoms. The van der Waals surface area contributed by atoms with Crippen molar-refractivity contribution in [1.29, 1.82) is 0 Å². The fourth-order valence-corrected chi connectivity index (χ4v) is 2.10. The number of benzene rings is 2. The summed E-state index contributed by atoms with van der Waals surface area (Å²) in [7, 11) is 2.91. The third-order valence-electron chi connectivity index (χ3n) is 3.23. The smallest absolute Gasteiger partial charge is 0.339 e. The second kappa shape index (κ2) is 6.17. The number of ether oxygens (including phenoxy) is 2. The molecule has 0 saturated heterocycles. The zero-order valence-electron chi connectivity index (χ0n) is 12.1.